The average molecular weight is 261 g/mol. The SMILES string of the molecule is Cc1ccc(F)c(NC(=O)C(C)n2ccc(C)n2)c1. The molecule has 0 aliphatic rings. The lowest BCUT2D eigenvalue weighted by Crippen LogP contribution is -2.24. The van der Waals surface area contributed by atoms with E-state index < -0.39 is 11.9 Å². The van der Waals surface area contributed by atoms with Crippen LogP contribution in [0.15, 0.2) is 30.5 Å². The molecular weight excluding hydrogens is 245 g/mol. The number of carbonyl (C=O) groups excluding carboxylic acids is 1. The van der Waals surface area contributed by atoms with Crippen molar-refractivity contribution >= 4 is 11.6 Å². The number of aromatic nitrogens is 2. The van der Waals surface area contributed by atoms with Crippen LogP contribution in [0.5, 0.6) is 0 Å². The molecule has 1 amide bonds. The number of anilines is 1. The standard InChI is InChI=1S/C14H16FN3O/c1-9-4-5-12(15)13(8-9)16-14(19)11(3)18-7-6-10(2)17-18/h4-8,11H,1-3H3,(H,16,19). The van der Waals surface area contributed by atoms with E-state index in [4.69, 9.17) is 0 Å². The second-order valence-electron chi connectivity index (χ2n) is 4.59. The molecule has 0 radical (unpaired) electrons. The Kier molecular flexibility index (Phi) is 3.64. The number of hydrogen-bond donors (Lipinski definition) is 1. The molecule has 1 atom stereocenters. The zero-order chi connectivity index (χ0) is 14.0. The van der Waals surface area contributed by atoms with Crippen LogP contribution in [0.3, 0.4) is 0 Å². The van der Waals surface area contributed by atoms with Crippen molar-refractivity contribution in [1.29, 1.82) is 0 Å². The largest absolute Gasteiger partial charge is 0.322 e. The molecule has 19 heavy (non-hydrogen) atoms. The molecule has 0 aliphatic heterocycles. The summed E-state index contributed by atoms with van der Waals surface area (Å²) in [6.45, 7) is 5.41. The Balaban J connectivity index is 2.14. The number of amides is 1. The fourth-order valence-electron chi connectivity index (χ4n) is 1.74. The van der Waals surface area contributed by atoms with Gasteiger partial charge in [-0.3, -0.25) is 9.48 Å². The van der Waals surface area contributed by atoms with Crippen LogP contribution in [0.2, 0.25) is 0 Å². The van der Waals surface area contributed by atoms with Crippen LogP contribution < -0.4 is 5.32 Å². The predicted octanol–water partition coefficient (Wildman–Crippen LogP) is 2.84. The van der Waals surface area contributed by atoms with Gasteiger partial charge in [0, 0.05) is 6.20 Å². The van der Waals surface area contributed by atoms with E-state index in [9.17, 15) is 9.18 Å². The zero-order valence-electron chi connectivity index (χ0n) is 11.1. The summed E-state index contributed by atoms with van der Waals surface area (Å²) in [4.78, 5) is 12.0. The van der Waals surface area contributed by atoms with E-state index in [1.165, 1.54) is 6.07 Å². The predicted molar refractivity (Wildman–Crippen MR) is 71.4 cm³/mol. The highest BCUT2D eigenvalue weighted by Gasteiger charge is 2.17. The van der Waals surface area contributed by atoms with Gasteiger partial charge < -0.3 is 5.32 Å². The molecule has 0 saturated carbocycles. The Morgan fingerprint density at radius 2 is 2.11 bits per heavy atom. The van der Waals surface area contributed by atoms with Gasteiger partial charge in [0.1, 0.15) is 11.9 Å². The lowest BCUT2D eigenvalue weighted by Gasteiger charge is -2.13. The summed E-state index contributed by atoms with van der Waals surface area (Å²) >= 11 is 0. The Bertz CT molecular complexity index is 606. The molecule has 100 valence electrons. The van der Waals surface area contributed by atoms with Crippen molar-refractivity contribution in [2.45, 2.75) is 26.8 Å². The first-order chi connectivity index (χ1) is 8.97. The molecule has 1 aromatic heterocycles. The fraction of sp³-hybridized carbons (Fsp3) is 0.286. The molecule has 2 rings (SSSR count). The summed E-state index contributed by atoms with van der Waals surface area (Å²) in [5.41, 5.74) is 1.92. The second kappa shape index (κ2) is 5.22. The first-order valence-corrected chi connectivity index (χ1v) is 6.06. The van der Waals surface area contributed by atoms with E-state index in [-0.39, 0.29) is 11.6 Å². The van der Waals surface area contributed by atoms with Gasteiger partial charge in [0.05, 0.1) is 11.4 Å². The van der Waals surface area contributed by atoms with Gasteiger partial charge in [-0.25, -0.2) is 4.39 Å². The van der Waals surface area contributed by atoms with Gasteiger partial charge in [-0.05, 0) is 44.5 Å². The lowest BCUT2D eigenvalue weighted by molar-refractivity contribution is -0.119. The van der Waals surface area contributed by atoms with Crippen LogP contribution in [-0.4, -0.2) is 15.7 Å². The van der Waals surface area contributed by atoms with Gasteiger partial charge >= 0.3 is 0 Å². The molecular formula is C14H16FN3O. The molecule has 1 aromatic carbocycles. The highest BCUT2D eigenvalue weighted by molar-refractivity contribution is 5.93. The summed E-state index contributed by atoms with van der Waals surface area (Å²) in [6.07, 6.45) is 1.73. The maximum atomic E-state index is 13.6. The van der Waals surface area contributed by atoms with Gasteiger partial charge in [0.25, 0.3) is 0 Å². The third-order valence-electron chi connectivity index (χ3n) is 2.90. The van der Waals surface area contributed by atoms with Crippen molar-refractivity contribution < 1.29 is 9.18 Å². The summed E-state index contributed by atoms with van der Waals surface area (Å²) in [5.74, 6) is -0.740. The molecule has 0 saturated heterocycles. The topological polar surface area (TPSA) is 46.9 Å². The number of rotatable bonds is 3. The van der Waals surface area contributed by atoms with Crippen molar-refractivity contribution in [2.24, 2.45) is 0 Å². The van der Waals surface area contributed by atoms with Crippen LogP contribution in [0.1, 0.15) is 24.2 Å². The molecule has 0 fully saturated rings. The number of aryl methyl sites for hydroxylation is 2. The van der Waals surface area contributed by atoms with Crippen molar-refractivity contribution in [3.63, 3.8) is 0 Å². The summed E-state index contributed by atoms with van der Waals surface area (Å²) in [5, 5.41) is 6.76. The van der Waals surface area contributed by atoms with Crippen LogP contribution >= 0.6 is 0 Å². The lowest BCUT2D eigenvalue weighted by atomic mass is 10.2. The van der Waals surface area contributed by atoms with Gasteiger partial charge in [0.2, 0.25) is 5.91 Å². The molecule has 1 N–H and O–H groups in total. The summed E-state index contributed by atoms with van der Waals surface area (Å²) in [6, 6.07) is 5.93. The van der Waals surface area contributed by atoms with Crippen molar-refractivity contribution in [3.05, 3.63) is 47.5 Å². The highest BCUT2D eigenvalue weighted by atomic mass is 19.1. The monoisotopic (exact) mass is 261 g/mol. The molecule has 2 aromatic rings. The third-order valence-corrected chi connectivity index (χ3v) is 2.90. The van der Waals surface area contributed by atoms with E-state index >= 15 is 0 Å². The minimum atomic E-state index is -0.492. The molecule has 1 unspecified atom stereocenters. The number of benzene rings is 1. The second-order valence-corrected chi connectivity index (χ2v) is 4.59. The van der Waals surface area contributed by atoms with E-state index in [1.54, 1.807) is 29.9 Å². The molecule has 4 nitrogen and oxygen atoms in total. The quantitative estimate of drug-likeness (QED) is 0.923. The minimum absolute atomic E-state index is 0.195. The first kappa shape index (κ1) is 13.3. The van der Waals surface area contributed by atoms with Gasteiger partial charge in [0.15, 0.2) is 0 Å². The Morgan fingerprint density at radius 1 is 1.37 bits per heavy atom. The van der Waals surface area contributed by atoms with Crippen LogP contribution in [0, 0.1) is 19.7 Å². The van der Waals surface area contributed by atoms with Gasteiger partial charge in [-0.2, -0.15) is 5.10 Å². The normalized spacial score (nSPS) is 12.2. The number of nitrogens with zero attached hydrogens (tertiary/aromatic N) is 2. The first-order valence-electron chi connectivity index (χ1n) is 6.06. The summed E-state index contributed by atoms with van der Waals surface area (Å²) in [7, 11) is 0. The number of nitrogens with one attached hydrogen (secondary N) is 1. The number of halogens is 1. The van der Waals surface area contributed by atoms with Crippen LogP contribution in [-0.2, 0) is 4.79 Å². The Morgan fingerprint density at radius 3 is 2.74 bits per heavy atom. The third kappa shape index (κ3) is 2.99. The van der Waals surface area contributed by atoms with E-state index in [1.807, 2.05) is 19.9 Å². The molecule has 0 spiro atoms. The Hall–Kier alpha value is -2.17. The van der Waals surface area contributed by atoms with E-state index in [0.29, 0.717) is 0 Å². The van der Waals surface area contributed by atoms with Crippen LogP contribution in [0.4, 0.5) is 10.1 Å². The average Bonchev–Trinajstić information content (AvgIpc) is 2.79. The van der Waals surface area contributed by atoms with Crippen molar-refractivity contribution in [1.82, 2.24) is 9.78 Å². The van der Waals surface area contributed by atoms with E-state index in [2.05, 4.69) is 10.4 Å². The number of carbonyl (C=O) groups is 1. The van der Waals surface area contributed by atoms with E-state index in [0.717, 1.165) is 11.3 Å². The van der Waals surface area contributed by atoms with Crippen molar-refractivity contribution in [2.75, 3.05) is 5.32 Å². The Labute approximate surface area is 111 Å². The molecule has 0 aliphatic carbocycles. The summed E-state index contributed by atoms with van der Waals surface area (Å²) < 4.78 is 15.1. The molecule has 5 heteroatoms. The maximum absolute atomic E-state index is 13.6. The van der Waals surface area contributed by atoms with Crippen molar-refractivity contribution in [3.8, 4) is 0 Å². The maximum Gasteiger partial charge on any atom is 0.249 e. The smallest absolute Gasteiger partial charge is 0.249 e. The van der Waals surface area contributed by atoms with Gasteiger partial charge in [-0.15, -0.1) is 0 Å². The zero-order valence-corrected chi connectivity index (χ0v) is 11.1. The highest BCUT2D eigenvalue weighted by Crippen LogP contribution is 2.17. The van der Waals surface area contributed by atoms with Gasteiger partial charge in [-0.1, -0.05) is 6.07 Å². The van der Waals surface area contributed by atoms with Crippen LogP contribution in [0.25, 0.3) is 0 Å². The molecule has 1 heterocycles. The number of hydrogen-bond acceptors (Lipinski definition) is 2. The fourth-order valence-corrected chi connectivity index (χ4v) is 1.74. The minimum Gasteiger partial charge on any atom is -0.322 e. The molecule has 0 bridgehead atoms.